The van der Waals surface area contributed by atoms with Crippen molar-refractivity contribution in [2.75, 3.05) is 11.9 Å². The average Bonchev–Trinajstić information content (AvgIpc) is 2.39. The molecule has 2 aromatic rings. The standard InChI is InChI=1S/C16H21N3/c1-4-17-16-18-9-8-15(19-16)14-7-5-6-13(11-14)10-12(2)3/h5-9,11-12H,4,10H2,1-3H3,(H,17,18,19). The zero-order valence-electron chi connectivity index (χ0n) is 11.9. The van der Waals surface area contributed by atoms with E-state index in [4.69, 9.17) is 0 Å². The van der Waals surface area contributed by atoms with Crippen LogP contribution in [-0.4, -0.2) is 16.5 Å². The van der Waals surface area contributed by atoms with Crippen molar-refractivity contribution >= 4 is 5.95 Å². The Bertz CT molecular complexity index is 535. The Morgan fingerprint density at radius 2 is 2.05 bits per heavy atom. The van der Waals surface area contributed by atoms with Crippen LogP contribution in [0.3, 0.4) is 0 Å². The molecule has 0 unspecified atom stereocenters. The highest BCUT2D eigenvalue weighted by atomic mass is 15.1. The molecule has 100 valence electrons. The third kappa shape index (κ3) is 3.78. The number of rotatable bonds is 5. The molecular formula is C16H21N3. The molecule has 0 aliphatic carbocycles. The summed E-state index contributed by atoms with van der Waals surface area (Å²) in [6.45, 7) is 7.34. The van der Waals surface area contributed by atoms with Crippen LogP contribution in [-0.2, 0) is 6.42 Å². The Morgan fingerprint density at radius 3 is 2.79 bits per heavy atom. The summed E-state index contributed by atoms with van der Waals surface area (Å²) in [6.07, 6.45) is 2.90. The van der Waals surface area contributed by atoms with Crippen LogP contribution in [0.5, 0.6) is 0 Å². The van der Waals surface area contributed by atoms with E-state index in [2.05, 4.69) is 53.4 Å². The highest BCUT2D eigenvalue weighted by molar-refractivity contribution is 5.60. The Labute approximate surface area is 115 Å². The van der Waals surface area contributed by atoms with Crippen LogP contribution in [0.25, 0.3) is 11.3 Å². The van der Waals surface area contributed by atoms with E-state index in [0.717, 1.165) is 24.2 Å². The molecule has 0 amide bonds. The molecule has 0 radical (unpaired) electrons. The van der Waals surface area contributed by atoms with E-state index in [0.29, 0.717) is 11.9 Å². The summed E-state index contributed by atoms with van der Waals surface area (Å²) in [7, 11) is 0. The molecule has 1 heterocycles. The van der Waals surface area contributed by atoms with Gasteiger partial charge in [0.1, 0.15) is 0 Å². The van der Waals surface area contributed by atoms with Crippen LogP contribution in [0.1, 0.15) is 26.3 Å². The van der Waals surface area contributed by atoms with Gasteiger partial charge >= 0.3 is 0 Å². The van der Waals surface area contributed by atoms with E-state index in [1.165, 1.54) is 5.56 Å². The van der Waals surface area contributed by atoms with Gasteiger partial charge in [-0.2, -0.15) is 0 Å². The van der Waals surface area contributed by atoms with Gasteiger partial charge in [0.05, 0.1) is 5.69 Å². The zero-order chi connectivity index (χ0) is 13.7. The Balaban J connectivity index is 2.28. The van der Waals surface area contributed by atoms with E-state index < -0.39 is 0 Å². The van der Waals surface area contributed by atoms with Crippen molar-refractivity contribution in [3.63, 3.8) is 0 Å². The lowest BCUT2D eigenvalue weighted by molar-refractivity contribution is 0.647. The summed E-state index contributed by atoms with van der Waals surface area (Å²) in [6, 6.07) is 10.5. The van der Waals surface area contributed by atoms with Crippen molar-refractivity contribution in [2.24, 2.45) is 5.92 Å². The fraction of sp³-hybridized carbons (Fsp3) is 0.375. The number of hydrogen-bond acceptors (Lipinski definition) is 3. The summed E-state index contributed by atoms with van der Waals surface area (Å²) in [5, 5.41) is 3.14. The van der Waals surface area contributed by atoms with Crippen LogP contribution in [0.4, 0.5) is 5.95 Å². The van der Waals surface area contributed by atoms with Gasteiger partial charge in [-0.1, -0.05) is 32.0 Å². The molecule has 0 spiro atoms. The molecule has 0 aliphatic heterocycles. The second-order valence-electron chi connectivity index (χ2n) is 5.09. The highest BCUT2D eigenvalue weighted by Crippen LogP contribution is 2.20. The molecule has 1 aromatic heterocycles. The zero-order valence-corrected chi connectivity index (χ0v) is 11.9. The Hall–Kier alpha value is -1.90. The molecule has 3 nitrogen and oxygen atoms in total. The highest BCUT2D eigenvalue weighted by Gasteiger charge is 2.04. The summed E-state index contributed by atoms with van der Waals surface area (Å²) in [5.41, 5.74) is 3.48. The lowest BCUT2D eigenvalue weighted by atomic mass is 10.00. The summed E-state index contributed by atoms with van der Waals surface area (Å²) >= 11 is 0. The maximum absolute atomic E-state index is 4.53. The molecule has 0 atom stereocenters. The fourth-order valence-electron chi connectivity index (χ4n) is 2.09. The second kappa shape index (κ2) is 6.32. The minimum Gasteiger partial charge on any atom is -0.354 e. The number of benzene rings is 1. The Morgan fingerprint density at radius 1 is 1.21 bits per heavy atom. The lowest BCUT2D eigenvalue weighted by Gasteiger charge is -2.08. The van der Waals surface area contributed by atoms with Gasteiger partial charge in [0, 0.05) is 18.3 Å². The molecular weight excluding hydrogens is 234 g/mol. The van der Waals surface area contributed by atoms with Crippen LogP contribution in [0.2, 0.25) is 0 Å². The number of nitrogens with zero attached hydrogens (tertiary/aromatic N) is 2. The number of hydrogen-bond donors (Lipinski definition) is 1. The third-order valence-corrected chi connectivity index (χ3v) is 2.86. The van der Waals surface area contributed by atoms with Crippen molar-refractivity contribution in [1.82, 2.24) is 9.97 Å². The van der Waals surface area contributed by atoms with Crippen molar-refractivity contribution in [3.05, 3.63) is 42.1 Å². The van der Waals surface area contributed by atoms with E-state index in [-0.39, 0.29) is 0 Å². The first-order valence-electron chi connectivity index (χ1n) is 6.85. The second-order valence-corrected chi connectivity index (χ2v) is 5.09. The van der Waals surface area contributed by atoms with Gasteiger partial charge in [0.25, 0.3) is 0 Å². The van der Waals surface area contributed by atoms with E-state index >= 15 is 0 Å². The average molecular weight is 255 g/mol. The molecule has 19 heavy (non-hydrogen) atoms. The number of nitrogens with one attached hydrogen (secondary N) is 1. The van der Waals surface area contributed by atoms with Crippen molar-refractivity contribution < 1.29 is 0 Å². The van der Waals surface area contributed by atoms with Gasteiger partial charge in [0.2, 0.25) is 5.95 Å². The Kier molecular flexibility index (Phi) is 4.50. The first-order valence-corrected chi connectivity index (χ1v) is 6.85. The first kappa shape index (κ1) is 13.5. The van der Waals surface area contributed by atoms with Gasteiger partial charge < -0.3 is 5.32 Å². The fourth-order valence-corrected chi connectivity index (χ4v) is 2.09. The SMILES string of the molecule is CCNc1nccc(-c2cccc(CC(C)C)c2)n1. The monoisotopic (exact) mass is 255 g/mol. The van der Waals surface area contributed by atoms with Gasteiger partial charge in [0.15, 0.2) is 0 Å². The molecule has 0 aliphatic rings. The largest absolute Gasteiger partial charge is 0.354 e. The topological polar surface area (TPSA) is 37.8 Å². The quantitative estimate of drug-likeness (QED) is 0.883. The summed E-state index contributed by atoms with van der Waals surface area (Å²) in [5.74, 6) is 1.35. The normalized spacial score (nSPS) is 10.7. The molecule has 0 saturated carbocycles. The molecule has 3 heteroatoms. The first-order chi connectivity index (χ1) is 9.19. The van der Waals surface area contributed by atoms with Gasteiger partial charge in [-0.05, 0) is 37.0 Å². The van der Waals surface area contributed by atoms with Crippen molar-refractivity contribution in [2.45, 2.75) is 27.2 Å². The smallest absolute Gasteiger partial charge is 0.223 e. The predicted octanol–water partition coefficient (Wildman–Crippen LogP) is 3.77. The van der Waals surface area contributed by atoms with E-state index in [1.807, 2.05) is 13.0 Å². The van der Waals surface area contributed by atoms with Crippen molar-refractivity contribution in [3.8, 4) is 11.3 Å². The van der Waals surface area contributed by atoms with Gasteiger partial charge in [-0.25, -0.2) is 9.97 Å². The number of aromatic nitrogens is 2. The van der Waals surface area contributed by atoms with Crippen molar-refractivity contribution in [1.29, 1.82) is 0 Å². The molecule has 0 fully saturated rings. The lowest BCUT2D eigenvalue weighted by Crippen LogP contribution is -2.02. The maximum Gasteiger partial charge on any atom is 0.223 e. The summed E-state index contributed by atoms with van der Waals surface area (Å²) in [4.78, 5) is 8.73. The number of anilines is 1. The van der Waals surface area contributed by atoms with Crippen LogP contribution in [0.15, 0.2) is 36.5 Å². The predicted molar refractivity (Wildman–Crippen MR) is 80.2 cm³/mol. The summed E-state index contributed by atoms with van der Waals surface area (Å²) < 4.78 is 0. The third-order valence-electron chi connectivity index (χ3n) is 2.86. The van der Waals surface area contributed by atoms with Crippen LogP contribution >= 0.6 is 0 Å². The minimum absolute atomic E-state index is 0.665. The van der Waals surface area contributed by atoms with Gasteiger partial charge in [-0.3, -0.25) is 0 Å². The molecule has 0 saturated heterocycles. The van der Waals surface area contributed by atoms with Crippen LogP contribution < -0.4 is 5.32 Å². The maximum atomic E-state index is 4.53. The minimum atomic E-state index is 0.665. The molecule has 1 aromatic carbocycles. The van der Waals surface area contributed by atoms with Crippen LogP contribution in [0, 0.1) is 5.92 Å². The van der Waals surface area contributed by atoms with E-state index in [1.54, 1.807) is 6.20 Å². The molecule has 1 N–H and O–H groups in total. The van der Waals surface area contributed by atoms with Gasteiger partial charge in [-0.15, -0.1) is 0 Å². The molecule has 0 bridgehead atoms. The molecule has 2 rings (SSSR count). The van der Waals surface area contributed by atoms with E-state index in [9.17, 15) is 0 Å².